The van der Waals surface area contributed by atoms with Crippen molar-refractivity contribution in [3.63, 3.8) is 0 Å². The Hall–Kier alpha value is -2.94. The molecule has 158 valence electrons. The smallest absolute Gasteiger partial charge is 0.416 e. The minimum absolute atomic E-state index is 0.121. The van der Waals surface area contributed by atoms with Gasteiger partial charge in [0.1, 0.15) is 0 Å². The van der Waals surface area contributed by atoms with Crippen LogP contribution in [0.3, 0.4) is 0 Å². The number of methoxy groups -OCH3 is 1. The van der Waals surface area contributed by atoms with Crippen LogP contribution in [0.4, 0.5) is 18.9 Å². The van der Waals surface area contributed by atoms with E-state index in [1.54, 1.807) is 24.3 Å². The van der Waals surface area contributed by atoms with E-state index in [-0.39, 0.29) is 11.6 Å². The lowest BCUT2D eigenvalue weighted by atomic mass is 10.2. The molecule has 2 aromatic carbocycles. The number of aliphatic imine (C=N–C) groups is 1. The van der Waals surface area contributed by atoms with E-state index in [4.69, 9.17) is 9.47 Å². The van der Waals surface area contributed by atoms with Crippen molar-refractivity contribution in [2.45, 2.75) is 13.1 Å². The number of ether oxygens (including phenoxy) is 2. The van der Waals surface area contributed by atoms with Crippen LogP contribution < -0.4 is 9.47 Å². The summed E-state index contributed by atoms with van der Waals surface area (Å²) < 4.78 is 49.6. The topological polar surface area (TPSA) is 51.1 Å². The molecule has 0 spiro atoms. The molecule has 9 heteroatoms. The van der Waals surface area contributed by atoms with E-state index in [0.717, 1.165) is 29.5 Å². The highest BCUT2D eigenvalue weighted by molar-refractivity contribution is 8.18. The number of amidine groups is 1. The van der Waals surface area contributed by atoms with Gasteiger partial charge in [0.25, 0.3) is 5.91 Å². The Morgan fingerprint density at radius 3 is 2.60 bits per heavy atom. The molecule has 1 saturated heterocycles. The van der Waals surface area contributed by atoms with E-state index in [0.29, 0.717) is 28.2 Å². The normalized spacial score (nSPS) is 17.1. The Morgan fingerprint density at radius 2 is 1.93 bits per heavy atom. The van der Waals surface area contributed by atoms with E-state index < -0.39 is 11.7 Å². The largest absolute Gasteiger partial charge is 0.493 e. The van der Waals surface area contributed by atoms with Crippen LogP contribution in [0.2, 0.25) is 0 Å². The minimum atomic E-state index is -4.46. The fraction of sp³-hybridized carbons (Fsp3) is 0.238. The van der Waals surface area contributed by atoms with Gasteiger partial charge in [-0.15, -0.1) is 0 Å². The summed E-state index contributed by atoms with van der Waals surface area (Å²) in [4.78, 5) is 18.5. The second kappa shape index (κ2) is 8.83. The first-order valence-electron chi connectivity index (χ1n) is 8.97. The molecule has 0 radical (unpaired) electrons. The van der Waals surface area contributed by atoms with Crippen LogP contribution in [0.15, 0.2) is 52.4 Å². The molecule has 0 N–H and O–H groups in total. The first-order chi connectivity index (χ1) is 14.2. The molecule has 1 amide bonds. The number of thioether (sulfide) groups is 1. The number of rotatable bonds is 5. The molecule has 0 bridgehead atoms. The van der Waals surface area contributed by atoms with Crippen molar-refractivity contribution in [2.75, 3.05) is 20.8 Å². The first-order valence-corrected chi connectivity index (χ1v) is 9.79. The monoisotopic (exact) mass is 436 g/mol. The number of amides is 1. The van der Waals surface area contributed by atoms with Gasteiger partial charge >= 0.3 is 6.18 Å². The quantitative estimate of drug-likeness (QED) is 0.593. The van der Waals surface area contributed by atoms with Crippen LogP contribution in [0, 0.1) is 0 Å². The van der Waals surface area contributed by atoms with Gasteiger partial charge in [-0.3, -0.25) is 9.69 Å². The van der Waals surface area contributed by atoms with Gasteiger partial charge in [0.05, 0.1) is 29.9 Å². The first kappa shape index (κ1) is 21.8. The summed E-state index contributed by atoms with van der Waals surface area (Å²) in [7, 11) is 3.05. The van der Waals surface area contributed by atoms with Crippen molar-refractivity contribution in [3.05, 3.63) is 58.5 Å². The standard InChI is InChI=1S/C21H19F3N2O3S/c1-4-29-16-9-8-13(10-17(16)28-3)11-18-19(27)26(2)20(30-18)25-15-7-5-6-14(12-15)21(22,23)24/h5-12H,4H2,1-3H3/b18-11-,25-20?. The Balaban J connectivity index is 1.88. The molecule has 1 aliphatic heterocycles. The lowest BCUT2D eigenvalue weighted by Crippen LogP contribution is -2.23. The maximum atomic E-state index is 12.9. The minimum Gasteiger partial charge on any atom is -0.493 e. The van der Waals surface area contributed by atoms with Gasteiger partial charge in [0, 0.05) is 7.05 Å². The molecule has 5 nitrogen and oxygen atoms in total. The van der Waals surface area contributed by atoms with Gasteiger partial charge in [0.15, 0.2) is 16.7 Å². The molecular formula is C21H19F3N2O3S. The van der Waals surface area contributed by atoms with Crippen LogP contribution in [0.5, 0.6) is 11.5 Å². The van der Waals surface area contributed by atoms with E-state index in [2.05, 4.69) is 4.99 Å². The summed E-state index contributed by atoms with van der Waals surface area (Å²) in [5.74, 6) is 0.836. The third-order valence-corrected chi connectivity index (χ3v) is 5.25. The highest BCUT2D eigenvalue weighted by Crippen LogP contribution is 2.36. The van der Waals surface area contributed by atoms with Crippen molar-refractivity contribution >= 4 is 34.6 Å². The summed E-state index contributed by atoms with van der Waals surface area (Å²) >= 11 is 1.09. The van der Waals surface area contributed by atoms with Crippen LogP contribution in [-0.4, -0.2) is 36.7 Å². The Bertz CT molecular complexity index is 1020. The Kier molecular flexibility index (Phi) is 6.40. The molecule has 0 unspecified atom stereocenters. The number of hydrogen-bond donors (Lipinski definition) is 0. The van der Waals surface area contributed by atoms with E-state index in [1.807, 2.05) is 6.92 Å². The fourth-order valence-electron chi connectivity index (χ4n) is 2.71. The zero-order valence-electron chi connectivity index (χ0n) is 16.5. The van der Waals surface area contributed by atoms with Crippen LogP contribution >= 0.6 is 11.8 Å². The molecular weight excluding hydrogens is 417 g/mol. The number of carbonyl (C=O) groups is 1. The highest BCUT2D eigenvalue weighted by Gasteiger charge is 2.32. The number of likely N-dealkylation sites (N-methyl/N-ethyl adjacent to an activating group) is 1. The van der Waals surface area contributed by atoms with Gasteiger partial charge in [-0.1, -0.05) is 12.1 Å². The molecule has 3 rings (SSSR count). The van der Waals surface area contributed by atoms with Gasteiger partial charge in [-0.25, -0.2) is 4.99 Å². The molecule has 0 aromatic heterocycles. The Morgan fingerprint density at radius 1 is 1.17 bits per heavy atom. The molecule has 1 heterocycles. The summed E-state index contributed by atoms with van der Waals surface area (Å²) in [6.07, 6.45) is -2.78. The van der Waals surface area contributed by atoms with Crippen LogP contribution in [0.1, 0.15) is 18.1 Å². The fourth-order valence-corrected chi connectivity index (χ4v) is 3.70. The number of nitrogens with zero attached hydrogens (tertiary/aromatic N) is 2. The molecule has 2 aromatic rings. The summed E-state index contributed by atoms with van der Waals surface area (Å²) in [6, 6.07) is 9.95. The predicted octanol–water partition coefficient (Wildman–Crippen LogP) is 5.35. The van der Waals surface area contributed by atoms with Crippen molar-refractivity contribution < 1.29 is 27.4 Å². The SMILES string of the molecule is CCOc1ccc(/C=C2\SC(=Nc3cccc(C(F)(F)F)c3)N(C)C2=O)cc1OC. The van der Waals surface area contributed by atoms with Gasteiger partial charge in [0.2, 0.25) is 0 Å². The van der Waals surface area contributed by atoms with Gasteiger partial charge in [-0.2, -0.15) is 13.2 Å². The Labute approximate surface area is 176 Å². The van der Waals surface area contributed by atoms with Crippen LogP contribution in [0.25, 0.3) is 6.08 Å². The summed E-state index contributed by atoms with van der Waals surface area (Å²) in [6.45, 7) is 2.36. The molecule has 1 fully saturated rings. The number of benzene rings is 2. The van der Waals surface area contributed by atoms with Crippen molar-refractivity contribution in [1.82, 2.24) is 4.90 Å². The lowest BCUT2D eigenvalue weighted by Gasteiger charge is -2.09. The number of halogens is 3. The summed E-state index contributed by atoms with van der Waals surface area (Å²) in [5, 5.41) is 0.295. The average molecular weight is 436 g/mol. The zero-order valence-corrected chi connectivity index (χ0v) is 17.3. The van der Waals surface area contributed by atoms with E-state index in [9.17, 15) is 18.0 Å². The molecule has 0 aliphatic carbocycles. The second-order valence-electron chi connectivity index (χ2n) is 6.26. The van der Waals surface area contributed by atoms with Crippen molar-refractivity contribution in [2.24, 2.45) is 4.99 Å². The zero-order chi connectivity index (χ0) is 21.9. The maximum absolute atomic E-state index is 12.9. The number of hydrogen-bond acceptors (Lipinski definition) is 5. The lowest BCUT2D eigenvalue weighted by molar-refractivity contribution is -0.137. The summed E-state index contributed by atoms with van der Waals surface area (Å²) in [5.41, 5.74) is 0.0504. The van der Waals surface area contributed by atoms with E-state index >= 15 is 0 Å². The average Bonchev–Trinajstić information content (AvgIpc) is 2.96. The van der Waals surface area contributed by atoms with Crippen molar-refractivity contribution in [3.8, 4) is 11.5 Å². The second-order valence-corrected chi connectivity index (χ2v) is 7.27. The molecule has 0 saturated carbocycles. The number of carbonyl (C=O) groups excluding carboxylic acids is 1. The molecule has 1 aliphatic rings. The van der Waals surface area contributed by atoms with Crippen LogP contribution in [-0.2, 0) is 11.0 Å². The third-order valence-electron chi connectivity index (χ3n) is 4.19. The van der Waals surface area contributed by atoms with Crippen molar-refractivity contribution in [1.29, 1.82) is 0 Å². The maximum Gasteiger partial charge on any atom is 0.416 e. The predicted molar refractivity (Wildman–Crippen MR) is 111 cm³/mol. The molecule has 30 heavy (non-hydrogen) atoms. The van der Waals surface area contributed by atoms with E-state index in [1.165, 1.54) is 31.2 Å². The van der Waals surface area contributed by atoms with Gasteiger partial charge < -0.3 is 9.47 Å². The highest BCUT2D eigenvalue weighted by atomic mass is 32.2. The number of alkyl halides is 3. The third kappa shape index (κ3) is 4.79. The molecule has 0 atom stereocenters. The van der Waals surface area contributed by atoms with Gasteiger partial charge in [-0.05, 0) is 60.7 Å².